The normalized spacial score (nSPS) is 12.3. The van der Waals surface area contributed by atoms with Crippen molar-refractivity contribution in [2.24, 2.45) is 5.73 Å². The number of hydrogen-bond acceptors (Lipinski definition) is 5. The molecule has 1 aromatic heterocycles. The Morgan fingerprint density at radius 1 is 1.47 bits per heavy atom. The first-order valence-electron chi connectivity index (χ1n) is 6.09. The van der Waals surface area contributed by atoms with Crippen molar-refractivity contribution in [1.29, 1.82) is 0 Å². The van der Waals surface area contributed by atoms with Crippen molar-refractivity contribution in [2.45, 2.75) is 33.2 Å². The molecule has 0 radical (unpaired) electrons. The Morgan fingerprint density at radius 3 is 2.76 bits per heavy atom. The molecule has 0 aromatic carbocycles. The van der Waals surface area contributed by atoms with Gasteiger partial charge < -0.3 is 16.0 Å². The van der Waals surface area contributed by atoms with E-state index in [1.54, 1.807) is 0 Å². The molecule has 1 heterocycles. The molecule has 5 heteroatoms. The standard InChI is InChI=1S/C12H23N5/c1-5-6-17(4)12-7-11(14-8-9(2)13)15-10(3)16-12/h7,9H,5-6,8,13H2,1-4H3,(H,14,15,16). The molecule has 0 aliphatic carbocycles. The van der Waals surface area contributed by atoms with Gasteiger partial charge in [0.05, 0.1) is 0 Å². The maximum Gasteiger partial charge on any atom is 0.134 e. The molecule has 1 unspecified atom stereocenters. The van der Waals surface area contributed by atoms with Crippen molar-refractivity contribution >= 4 is 11.6 Å². The maximum atomic E-state index is 5.71. The minimum atomic E-state index is 0.113. The number of rotatable bonds is 6. The second kappa shape index (κ2) is 6.39. The molecule has 17 heavy (non-hydrogen) atoms. The van der Waals surface area contributed by atoms with E-state index >= 15 is 0 Å². The van der Waals surface area contributed by atoms with Crippen LogP contribution >= 0.6 is 0 Å². The van der Waals surface area contributed by atoms with E-state index in [9.17, 15) is 0 Å². The Bertz CT molecular complexity index is 351. The topological polar surface area (TPSA) is 67.1 Å². The zero-order valence-corrected chi connectivity index (χ0v) is 11.2. The van der Waals surface area contributed by atoms with E-state index in [2.05, 4.69) is 27.1 Å². The van der Waals surface area contributed by atoms with Gasteiger partial charge >= 0.3 is 0 Å². The van der Waals surface area contributed by atoms with Crippen molar-refractivity contribution < 1.29 is 0 Å². The monoisotopic (exact) mass is 237 g/mol. The highest BCUT2D eigenvalue weighted by Crippen LogP contribution is 2.14. The van der Waals surface area contributed by atoms with Crippen LogP contribution in [0.3, 0.4) is 0 Å². The minimum absolute atomic E-state index is 0.113. The molecule has 96 valence electrons. The molecule has 0 saturated heterocycles. The van der Waals surface area contributed by atoms with Crippen molar-refractivity contribution in [2.75, 3.05) is 30.4 Å². The molecule has 1 aromatic rings. The van der Waals surface area contributed by atoms with Crippen molar-refractivity contribution in [3.05, 3.63) is 11.9 Å². The Kier molecular flexibility index (Phi) is 5.15. The number of hydrogen-bond donors (Lipinski definition) is 2. The van der Waals surface area contributed by atoms with Crippen molar-refractivity contribution in [3.8, 4) is 0 Å². The second-order valence-corrected chi connectivity index (χ2v) is 4.44. The van der Waals surface area contributed by atoms with Gasteiger partial charge in [-0.1, -0.05) is 6.92 Å². The number of anilines is 2. The Labute approximate surface area is 103 Å². The lowest BCUT2D eigenvalue weighted by molar-refractivity contribution is 0.774. The second-order valence-electron chi connectivity index (χ2n) is 4.44. The van der Waals surface area contributed by atoms with E-state index in [4.69, 9.17) is 5.73 Å². The average molecular weight is 237 g/mol. The van der Waals surface area contributed by atoms with Crippen LogP contribution in [0.4, 0.5) is 11.6 Å². The van der Waals surface area contributed by atoms with Crippen molar-refractivity contribution in [1.82, 2.24) is 9.97 Å². The first-order chi connectivity index (χ1) is 8.02. The van der Waals surface area contributed by atoms with E-state index in [0.717, 1.165) is 30.4 Å². The summed E-state index contributed by atoms with van der Waals surface area (Å²) in [6.45, 7) is 7.72. The van der Waals surface area contributed by atoms with Gasteiger partial charge in [-0.05, 0) is 20.3 Å². The molecule has 0 bridgehead atoms. The van der Waals surface area contributed by atoms with Crippen LogP contribution in [0.2, 0.25) is 0 Å². The zero-order chi connectivity index (χ0) is 12.8. The molecule has 0 fully saturated rings. The minimum Gasteiger partial charge on any atom is -0.368 e. The number of aryl methyl sites for hydroxylation is 1. The summed E-state index contributed by atoms with van der Waals surface area (Å²) in [5.41, 5.74) is 5.71. The van der Waals surface area contributed by atoms with Gasteiger partial charge in [0, 0.05) is 32.2 Å². The number of nitrogens with one attached hydrogen (secondary N) is 1. The maximum absolute atomic E-state index is 5.71. The summed E-state index contributed by atoms with van der Waals surface area (Å²) in [6.07, 6.45) is 1.10. The number of nitrogens with zero attached hydrogens (tertiary/aromatic N) is 3. The molecule has 5 nitrogen and oxygen atoms in total. The summed E-state index contributed by atoms with van der Waals surface area (Å²) < 4.78 is 0. The summed E-state index contributed by atoms with van der Waals surface area (Å²) in [4.78, 5) is 10.9. The van der Waals surface area contributed by atoms with Crippen LogP contribution in [0.25, 0.3) is 0 Å². The summed E-state index contributed by atoms with van der Waals surface area (Å²) in [6, 6.07) is 2.08. The summed E-state index contributed by atoms with van der Waals surface area (Å²) in [7, 11) is 2.04. The average Bonchev–Trinajstić information content (AvgIpc) is 2.26. The molecule has 0 saturated carbocycles. The smallest absolute Gasteiger partial charge is 0.134 e. The third kappa shape index (κ3) is 4.56. The van der Waals surface area contributed by atoms with E-state index < -0.39 is 0 Å². The highest BCUT2D eigenvalue weighted by Gasteiger charge is 2.06. The van der Waals surface area contributed by atoms with Gasteiger partial charge in [0.25, 0.3) is 0 Å². The first kappa shape index (κ1) is 13.7. The lowest BCUT2D eigenvalue weighted by atomic mass is 10.3. The first-order valence-corrected chi connectivity index (χ1v) is 6.09. The SMILES string of the molecule is CCCN(C)c1cc(NCC(C)N)nc(C)n1. The Balaban J connectivity index is 2.78. The van der Waals surface area contributed by atoms with E-state index in [-0.39, 0.29) is 6.04 Å². The van der Waals surface area contributed by atoms with Gasteiger partial charge in [-0.3, -0.25) is 0 Å². The summed E-state index contributed by atoms with van der Waals surface area (Å²) in [5.74, 6) is 2.57. The van der Waals surface area contributed by atoms with Gasteiger partial charge in [0.1, 0.15) is 17.5 Å². The largest absolute Gasteiger partial charge is 0.368 e. The fourth-order valence-electron chi connectivity index (χ4n) is 1.55. The van der Waals surface area contributed by atoms with Crippen LogP contribution in [0.15, 0.2) is 6.07 Å². The van der Waals surface area contributed by atoms with Gasteiger partial charge in [-0.15, -0.1) is 0 Å². The molecular formula is C12H23N5. The quantitative estimate of drug-likeness (QED) is 0.782. The Morgan fingerprint density at radius 2 is 2.18 bits per heavy atom. The van der Waals surface area contributed by atoms with Gasteiger partial charge in [0.2, 0.25) is 0 Å². The fraction of sp³-hybridized carbons (Fsp3) is 0.667. The van der Waals surface area contributed by atoms with E-state index in [1.807, 2.05) is 27.0 Å². The molecule has 0 aliphatic rings. The predicted octanol–water partition coefficient (Wildman–Crippen LogP) is 1.39. The van der Waals surface area contributed by atoms with Crippen LogP contribution in [-0.4, -0.2) is 36.1 Å². The van der Waals surface area contributed by atoms with Crippen LogP contribution in [0, 0.1) is 6.92 Å². The van der Waals surface area contributed by atoms with Gasteiger partial charge in [-0.2, -0.15) is 0 Å². The molecule has 0 aliphatic heterocycles. The lowest BCUT2D eigenvalue weighted by Crippen LogP contribution is -2.26. The highest BCUT2D eigenvalue weighted by atomic mass is 15.2. The zero-order valence-electron chi connectivity index (χ0n) is 11.2. The molecule has 1 rings (SSSR count). The molecule has 0 amide bonds. The fourth-order valence-corrected chi connectivity index (χ4v) is 1.55. The van der Waals surface area contributed by atoms with Crippen LogP contribution < -0.4 is 16.0 Å². The third-order valence-corrected chi connectivity index (χ3v) is 2.38. The predicted molar refractivity (Wildman–Crippen MR) is 72.5 cm³/mol. The molecular weight excluding hydrogens is 214 g/mol. The number of aromatic nitrogens is 2. The highest BCUT2D eigenvalue weighted by molar-refractivity contribution is 5.48. The van der Waals surface area contributed by atoms with Crippen LogP contribution in [-0.2, 0) is 0 Å². The Hall–Kier alpha value is -1.36. The van der Waals surface area contributed by atoms with Gasteiger partial charge in [-0.25, -0.2) is 9.97 Å². The van der Waals surface area contributed by atoms with E-state index in [1.165, 1.54) is 0 Å². The molecule has 0 spiro atoms. The molecule has 3 N–H and O–H groups in total. The van der Waals surface area contributed by atoms with Crippen LogP contribution in [0.1, 0.15) is 26.1 Å². The molecule has 1 atom stereocenters. The van der Waals surface area contributed by atoms with Gasteiger partial charge in [0.15, 0.2) is 0 Å². The lowest BCUT2D eigenvalue weighted by Gasteiger charge is -2.18. The van der Waals surface area contributed by atoms with Crippen LogP contribution in [0.5, 0.6) is 0 Å². The summed E-state index contributed by atoms with van der Waals surface area (Å²) >= 11 is 0. The summed E-state index contributed by atoms with van der Waals surface area (Å²) in [5, 5.41) is 3.22. The van der Waals surface area contributed by atoms with Crippen molar-refractivity contribution in [3.63, 3.8) is 0 Å². The number of nitrogens with two attached hydrogens (primary N) is 1. The third-order valence-electron chi connectivity index (χ3n) is 2.38. The van der Waals surface area contributed by atoms with E-state index in [0.29, 0.717) is 6.54 Å².